The van der Waals surface area contributed by atoms with Crippen molar-refractivity contribution in [2.75, 3.05) is 6.26 Å². The molecule has 3 atom stereocenters. The second kappa shape index (κ2) is 11.0. The molecule has 0 amide bonds. The Labute approximate surface area is 217 Å². The lowest BCUT2D eigenvalue weighted by molar-refractivity contribution is 0.0291. The first-order valence-electron chi connectivity index (χ1n) is 12.8. The second-order valence-electron chi connectivity index (χ2n) is 11.0. The Balaban J connectivity index is 1.76. The van der Waals surface area contributed by atoms with Gasteiger partial charge in [0.15, 0.2) is 0 Å². The number of hydrogen-bond donors (Lipinski definition) is 0. The van der Waals surface area contributed by atoms with Crippen molar-refractivity contribution in [3.05, 3.63) is 96.6 Å². The van der Waals surface area contributed by atoms with Gasteiger partial charge < -0.3 is 4.43 Å². The first-order valence-corrected chi connectivity index (χ1v) is 16.5. The summed E-state index contributed by atoms with van der Waals surface area (Å²) in [5.41, 5.74) is 1.23. The van der Waals surface area contributed by atoms with E-state index in [0.717, 1.165) is 19.1 Å². The quantitative estimate of drug-likeness (QED) is 0.297. The number of benzene rings is 3. The molecule has 0 N–H and O–H groups in total. The second-order valence-corrected chi connectivity index (χ2v) is 16.9. The van der Waals surface area contributed by atoms with Crippen molar-refractivity contribution in [2.45, 2.75) is 63.7 Å². The van der Waals surface area contributed by atoms with Gasteiger partial charge in [-0.05, 0) is 52.6 Å². The van der Waals surface area contributed by atoms with Crippen molar-refractivity contribution in [2.24, 2.45) is 5.92 Å². The molecule has 3 aromatic rings. The Morgan fingerprint density at radius 2 is 1.31 bits per heavy atom. The Kier molecular flexibility index (Phi) is 8.20. The highest BCUT2D eigenvalue weighted by molar-refractivity contribution is 7.86. The molecule has 0 spiro atoms. The van der Waals surface area contributed by atoms with E-state index in [1.54, 1.807) is 0 Å². The highest BCUT2D eigenvalue weighted by atomic mass is 32.2. The maximum atomic E-state index is 11.9. The fourth-order valence-corrected chi connectivity index (χ4v) is 11.2. The van der Waals surface area contributed by atoms with Crippen molar-refractivity contribution in [3.63, 3.8) is 0 Å². The molecular formula is C30H38O4SSi. The van der Waals surface area contributed by atoms with Crippen molar-refractivity contribution < 1.29 is 17.0 Å². The molecule has 192 valence electrons. The molecule has 0 radical (unpaired) electrons. The largest absolute Gasteiger partial charge is 0.404 e. The van der Waals surface area contributed by atoms with Crippen LogP contribution >= 0.6 is 0 Å². The normalized spacial score (nSPS) is 21.3. The van der Waals surface area contributed by atoms with Gasteiger partial charge >= 0.3 is 0 Å². The molecule has 4 rings (SSSR count). The van der Waals surface area contributed by atoms with Gasteiger partial charge in [-0.2, -0.15) is 8.42 Å². The molecule has 0 aromatic heterocycles. The summed E-state index contributed by atoms with van der Waals surface area (Å²) in [4.78, 5) is 0. The Hall–Kier alpha value is -2.25. The van der Waals surface area contributed by atoms with Crippen LogP contribution in [0.5, 0.6) is 0 Å². The van der Waals surface area contributed by atoms with Crippen LogP contribution in [0.2, 0.25) is 5.04 Å². The molecule has 1 aliphatic rings. The SMILES string of the molecule is CC(C)(C)[Si](OC1CCC(OS(C)(=O)=O)CC1Cc1ccccc1)(c1ccccc1)c1ccccc1. The van der Waals surface area contributed by atoms with Gasteiger partial charge in [0.25, 0.3) is 18.4 Å². The lowest BCUT2D eigenvalue weighted by Crippen LogP contribution is -2.68. The maximum Gasteiger partial charge on any atom is 0.264 e. The zero-order chi connectivity index (χ0) is 25.8. The molecule has 0 saturated heterocycles. The summed E-state index contributed by atoms with van der Waals surface area (Å²) in [6.45, 7) is 6.89. The van der Waals surface area contributed by atoms with Crippen molar-refractivity contribution in [3.8, 4) is 0 Å². The van der Waals surface area contributed by atoms with Crippen LogP contribution in [0, 0.1) is 5.92 Å². The van der Waals surface area contributed by atoms with Gasteiger partial charge in [-0.15, -0.1) is 0 Å². The van der Waals surface area contributed by atoms with E-state index in [2.05, 4.69) is 106 Å². The van der Waals surface area contributed by atoms with Gasteiger partial charge in [-0.25, -0.2) is 0 Å². The molecule has 6 heteroatoms. The molecular weight excluding hydrogens is 484 g/mol. The third-order valence-electron chi connectivity index (χ3n) is 7.26. The fourth-order valence-electron chi connectivity index (χ4n) is 5.73. The molecule has 3 unspecified atom stereocenters. The van der Waals surface area contributed by atoms with E-state index in [1.807, 2.05) is 6.07 Å². The summed E-state index contributed by atoms with van der Waals surface area (Å²) in [5.74, 6) is 0.148. The van der Waals surface area contributed by atoms with Gasteiger partial charge in [-0.3, -0.25) is 4.18 Å². The highest BCUT2D eigenvalue weighted by Gasteiger charge is 2.52. The maximum absolute atomic E-state index is 11.9. The third kappa shape index (κ3) is 6.17. The molecule has 4 nitrogen and oxygen atoms in total. The van der Waals surface area contributed by atoms with Crippen LogP contribution in [-0.4, -0.2) is 35.2 Å². The smallest absolute Gasteiger partial charge is 0.264 e. The summed E-state index contributed by atoms with van der Waals surface area (Å²) in [7, 11) is -6.24. The minimum Gasteiger partial charge on any atom is -0.404 e. The fraction of sp³-hybridized carbons (Fsp3) is 0.400. The molecule has 0 heterocycles. The third-order valence-corrected chi connectivity index (χ3v) is 12.9. The van der Waals surface area contributed by atoms with Crippen LogP contribution in [-0.2, 0) is 25.1 Å². The first kappa shape index (κ1) is 26.8. The van der Waals surface area contributed by atoms with E-state index in [9.17, 15) is 8.42 Å². The van der Waals surface area contributed by atoms with E-state index in [-0.39, 0.29) is 23.2 Å². The van der Waals surface area contributed by atoms with E-state index >= 15 is 0 Å². The predicted molar refractivity (Wildman–Crippen MR) is 150 cm³/mol. The molecule has 1 fully saturated rings. The molecule has 36 heavy (non-hydrogen) atoms. The first-order chi connectivity index (χ1) is 17.1. The Bertz CT molecular complexity index is 1170. The molecule has 0 bridgehead atoms. The van der Waals surface area contributed by atoms with Crippen LogP contribution in [0.4, 0.5) is 0 Å². The molecule has 1 aliphatic carbocycles. The topological polar surface area (TPSA) is 52.6 Å². The van der Waals surface area contributed by atoms with Gasteiger partial charge in [0.05, 0.1) is 12.4 Å². The van der Waals surface area contributed by atoms with Gasteiger partial charge in [0.1, 0.15) is 0 Å². The van der Waals surface area contributed by atoms with Gasteiger partial charge in [-0.1, -0.05) is 112 Å². The summed E-state index contributed by atoms with van der Waals surface area (Å²) >= 11 is 0. The average molecular weight is 523 g/mol. The summed E-state index contributed by atoms with van der Waals surface area (Å²) in [5, 5.41) is 2.40. The zero-order valence-corrected chi connectivity index (χ0v) is 23.6. The molecule has 1 saturated carbocycles. The van der Waals surface area contributed by atoms with Crippen LogP contribution in [0.15, 0.2) is 91.0 Å². The van der Waals surface area contributed by atoms with E-state index in [0.29, 0.717) is 12.8 Å². The highest BCUT2D eigenvalue weighted by Crippen LogP contribution is 2.41. The number of rotatable bonds is 8. The van der Waals surface area contributed by atoms with Crippen molar-refractivity contribution in [1.29, 1.82) is 0 Å². The average Bonchev–Trinajstić information content (AvgIpc) is 2.84. The molecule has 0 aliphatic heterocycles. The Morgan fingerprint density at radius 3 is 1.78 bits per heavy atom. The number of hydrogen-bond acceptors (Lipinski definition) is 4. The van der Waals surface area contributed by atoms with Crippen LogP contribution in [0.1, 0.15) is 45.6 Å². The lowest BCUT2D eigenvalue weighted by Gasteiger charge is -2.48. The minimum atomic E-state index is -3.51. The van der Waals surface area contributed by atoms with Gasteiger partial charge in [0, 0.05) is 6.10 Å². The minimum absolute atomic E-state index is 0.00378. The lowest BCUT2D eigenvalue weighted by atomic mass is 9.81. The zero-order valence-electron chi connectivity index (χ0n) is 21.8. The van der Waals surface area contributed by atoms with E-state index in [4.69, 9.17) is 8.61 Å². The van der Waals surface area contributed by atoms with Crippen LogP contribution in [0.3, 0.4) is 0 Å². The molecule has 3 aromatic carbocycles. The summed E-state index contributed by atoms with van der Waals surface area (Å²) < 4.78 is 36.9. The van der Waals surface area contributed by atoms with E-state index in [1.165, 1.54) is 15.9 Å². The van der Waals surface area contributed by atoms with Crippen molar-refractivity contribution >= 4 is 28.8 Å². The predicted octanol–water partition coefficient (Wildman–Crippen LogP) is 5.32. The monoisotopic (exact) mass is 522 g/mol. The van der Waals surface area contributed by atoms with Gasteiger partial charge in [0.2, 0.25) is 0 Å². The standard InChI is InChI=1S/C30H38O4SSi/c1-30(2,3)36(27-16-10-6-11-17-27,28-18-12-7-13-19-28)34-29-21-20-26(33-35(4,31)32)23-25(29)22-24-14-8-5-9-15-24/h5-19,25-26,29H,20-23H2,1-4H3. The van der Waals surface area contributed by atoms with E-state index < -0.39 is 18.4 Å². The summed E-state index contributed by atoms with van der Waals surface area (Å²) in [6.07, 6.45) is 3.75. The van der Waals surface area contributed by atoms with Crippen LogP contribution in [0.25, 0.3) is 0 Å². The van der Waals surface area contributed by atoms with Crippen molar-refractivity contribution in [1.82, 2.24) is 0 Å². The van der Waals surface area contributed by atoms with Crippen LogP contribution < -0.4 is 10.4 Å². The Morgan fingerprint density at radius 1 is 0.806 bits per heavy atom. The summed E-state index contributed by atoms with van der Waals surface area (Å²) in [6, 6.07) is 31.8.